The first-order chi connectivity index (χ1) is 17.9. The van der Waals surface area contributed by atoms with Crippen LogP contribution in [0.1, 0.15) is 23.6 Å². The number of halogens is 3. The molecule has 0 unspecified atom stereocenters. The van der Waals surface area contributed by atoms with Crippen molar-refractivity contribution in [3.8, 4) is 23.3 Å². The van der Waals surface area contributed by atoms with E-state index in [2.05, 4.69) is 4.99 Å². The predicted molar refractivity (Wildman–Crippen MR) is 135 cm³/mol. The fraction of sp³-hybridized carbons (Fsp3) is 0.292. The lowest BCUT2D eigenvalue weighted by atomic mass is 10.1. The Kier molecular flexibility index (Phi) is 7.73. The van der Waals surface area contributed by atoms with Crippen LogP contribution in [0.2, 0.25) is 0 Å². The number of carbonyl (C=O) groups is 1. The number of alkyl halides is 3. The third-order valence-corrected chi connectivity index (χ3v) is 8.72. The molecule has 2 aliphatic heterocycles. The summed E-state index contributed by atoms with van der Waals surface area (Å²) in [6, 6.07) is 8.43. The summed E-state index contributed by atoms with van der Waals surface area (Å²) < 4.78 is 71.0. The number of amides is 1. The number of hydrogen-bond donors (Lipinski definition) is 1. The van der Waals surface area contributed by atoms with Gasteiger partial charge in [-0.25, -0.2) is 8.42 Å². The van der Waals surface area contributed by atoms with Gasteiger partial charge in [0.25, 0.3) is 5.91 Å². The maximum absolute atomic E-state index is 13.4. The Hall–Kier alpha value is -3.54. The number of piperazine rings is 1. The summed E-state index contributed by atoms with van der Waals surface area (Å²) in [7, 11) is -3.29. The minimum absolute atomic E-state index is 0.0156. The fourth-order valence-electron chi connectivity index (χ4n) is 3.76. The van der Waals surface area contributed by atoms with Crippen molar-refractivity contribution < 1.29 is 36.2 Å². The summed E-state index contributed by atoms with van der Waals surface area (Å²) in [5.41, 5.74) is -0.964. The van der Waals surface area contributed by atoms with Crippen molar-refractivity contribution in [3.05, 3.63) is 58.0 Å². The number of phenols is 1. The van der Waals surface area contributed by atoms with Gasteiger partial charge >= 0.3 is 6.18 Å². The molecular weight excluding hydrogens is 545 g/mol. The van der Waals surface area contributed by atoms with Gasteiger partial charge in [0.15, 0.2) is 16.7 Å². The van der Waals surface area contributed by atoms with Crippen LogP contribution in [0.5, 0.6) is 17.2 Å². The Bertz CT molecular complexity index is 1470. The second kappa shape index (κ2) is 10.7. The van der Waals surface area contributed by atoms with Crippen molar-refractivity contribution in [2.45, 2.75) is 13.1 Å². The molecule has 0 bridgehead atoms. The van der Waals surface area contributed by atoms with Gasteiger partial charge in [-0.3, -0.25) is 4.79 Å². The first-order valence-corrected chi connectivity index (χ1v) is 13.7. The molecule has 0 spiro atoms. The number of nitriles is 1. The van der Waals surface area contributed by atoms with Gasteiger partial charge in [-0.15, -0.1) is 0 Å². The average molecular weight is 567 g/mol. The van der Waals surface area contributed by atoms with Gasteiger partial charge < -0.3 is 14.7 Å². The second-order valence-electron chi connectivity index (χ2n) is 8.25. The molecule has 14 heteroatoms. The SMILES string of the molecule is CCS(=O)(=O)N1CCN(C2=NC(=O)/C(=C/c3ccc(Oc4ccc(C#N)cc4C(F)(F)F)c(O)c3)S2)CC1. The smallest absolute Gasteiger partial charge is 0.420 e. The van der Waals surface area contributed by atoms with Crippen molar-refractivity contribution in [1.82, 2.24) is 9.21 Å². The number of sulfonamides is 1. The van der Waals surface area contributed by atoms with E-state index in [9.17, 15) is 31.5 Å². The number of aliphatic imine (C=N–C) groups is 1. The monoisotopic (exact) mass is 566 g/mol. The Balaban J connectivity index is 1.46. The molecule has 0 saturated carbocycles. The van der Waals surface area contributed by atoms with E-state index in [1.165, 1.54) is 34.6 Å². The van der Waals surface area contributed by atoms with E-state index in [4.69, 9.17) is 10.00 Å². The normalized spacial score (nSPS) is 18.0. The molecule has 2 aromatic carbocycles. The van der Waals surface area contributed by atoms with E-state index in [1.54, 1.807) is 13.0 Å². The van der Waals surface area contributed by atoms with Gasteiger partial charge in [0.1, 0.15) is 5.75 Å². The molecule has 2 aliphatic rings. The number of amidine groups is 1. The summed E-state index contributed by atoms with van der Waals surface area (Å²) in [6.45, 7) is 2.92. The Morgan fingerprint density at radius 1 is 1.16 bits per heavy atom. The first kappa shape index (κ1) is 27.5. The van der Waals surface area contributed by atoms with Crippen LogP contribution >= 0.6 is 11.8 Å². The molecule has 0 aliphatic carbocycles. The molecule has 200 valence electrons. The Morgan fingerprint density at radius 3 is 2.45 bits per heavy atom. The highest BCUT2D eigenvalue weighted by atomic mass is 32.2. The van der Waals surface area contributed by atoms with Gasteiger partial charge in [-0.1, -0.05) is 6.07 Å². The maximum atomic E-state index is 13.4. The van der Waals surface area contributed by atoms with Crippen LogP contribution in [0.3, 0.4) is 0 Å². The highest BCUT2D eigenvalue weighted by Crippen LogP contribution is 2.41. The molecule has 2 heterocycles. The maximum Gasteiger partial charge on any atom is 0.420 e. The van der Waals surface area contributed by atoms with Crippen molar-refractivity contribution in [2.75, 3.05) is 31.9 Å². The van der Waals surface area contributed by atoms with E-state index in [0.29, 0.717) is 29.9 Å². The topological polar surface area (TPSA) is 123 Å². The van der Waals surface area contributed by atoms with Crippen LogP contribution < -0.4 is 4.74 Å². The van der Waals surface area contributed by atoms with Crippen LogP contribution in [0, 0.1) is 11.3 Å². The molecule has 1 N–H and O–H groups in total. The van der Waals surface area contributed by atoms with Crippen LogP contribution in [0.25, 0.3) is 6.08 Å². The molecule has 1 amide bonds. The molecule has 0 atom stereocenters. The highest BCUT2D eigenvalue weighted by Gasteiger charge is 2.35. The van der Waals surface area contributed by atoms with E-state index < -0.39 is 39.2 Å². The largest absolute Gasteiger partial charge is 0.504 e. The average Bonchev–Trinajstić information content (AvgIpc) is 3.25. The van der Waals surface area contributed by atoms with Crippen LogP contribution in [-0.4, -0.2) is 65.7 Å². The first-order valence-electron chi connectivity index (χ1n) is 11.3. The molecule has 4 rings (SSSR count). The van der Waals surface area contributed by atoms with Gasteiger partial charge in [0.05, 0.1) is 27.9 Å². The zero-order valence-electron chi connectivity index (χ0n) is 19.9. The summed E-state index contributed by atoms with van der Waals surface area (Å²) in [6.07, 6.45) is -3.30. The molecule has 1 fully saturated rings. The Labute approximate surface area is 220 Å². The molecule has 38 heavy (non-hydrogen) atoms. The predicted octanol–water partition coefficient (Wildman–Crippen LogP) is 4.01. The molecule has 2 aromatic rings. The Morgan fingerprint density at radius 2 is 1.84 bits per heavy atom. The minimum Gasteiger partial charge on any atom is -0.504 e. The van der Waals surface area contributed by atoms with Gasteiger partial charge in [-0.05, 0) is 60.7 Å². The fourth-order valence-corrected chi connectivity index (χ4v) is 5.81. The number of carbonyl (C=O) groups excluding carboxylic acids is 1. The number of ether oxygens (including phenoxy) is 1. The number of rotatable bonds is 5. The third kappa shape index (κ3) is 5.95. The lowest BCUT2D eigenvalue weighted by Crippen LogP contribution is -2.50. The number of benzene rings is 2. The van der Waals surface area contributed by atoms with E-state index in [1.807, 2.05) is 4.90 Å². The number of thioether (sulfide) groups is 1. The van der Waals surface area contributed by atoms with Gasteiger partial charge in [0, 0.05) is 26.2 Å². The number of nitrogens with zero attached hydrogens (tertiary/aromatic N) is 4. The summed E-state index contributed by atoms with van der Waals surface area (Å²) in [4.78, 5) is 18.6. The second-order valence-corrected chi connectivity index (χ2v) is 11.5. The van der Waals surface area contributed by atoms with Crippen molar-refractivity contribution in [3.63, 3.8) is 0 Å². The molecule has 9 nitrogen and oxygen atoms in total. The summed E-state index contributed by atoms with van der Waals surface area (Å²) in [5.74, 6) is -1.77. The summed E-state index contributed by atoms with van der Waals surface area (Å²) in [5, 5.41) is 19.7. The van der Waals surface area contributed by atoms with Crippen molar-refractivity contribution >= 4 is 38.9 Å². The van der Waals surface area contributed by atoms with Crippen molar-refractivity contribution in [2.24, 2.45) is 4.99 Å². The molecule has 0 radical (unpaired) electrons. The van der Waals surface area contributed by atoms with E-state index in [-0.39, 0.29) is 35.1 Å². The highest BCUT2D eigenvalue weighted by molar-refractivity contribution is 8.18. The van der Waals surface area contributed by atoms with Crippen LogP contribution in [0.15, 0.2) is 46.3 Å². The summed E-state index contributed by atoms with van der Waals surface area (Å²) >= 11 is 1.11. The minimum atomic E-state index is -4.78. The molecule has 0 aromatic heterocycles. The zero-order valence-corrected chi connectivity index (χ0v) is 21.5. The number of phenolic OH excluding ortho intramolecular Hbond substituents is 1. The number of aromatic hydroxyl groups is 1. The van der Waals surface area contributed by atoms with E-state index in [0.717, 1.165) is 17.8 Å². The zero-order chi connectivity index (χ0) is 27.7. The quantitative estimate of drug-likeness (QED) is 0.539. The van der Waals surface area contributed by atoms with Gasteiger partial charge in [0.2, 0.25) is 10.0 Å². The van der Waals surface area contributed by atoms with Gasteiger partial charge in [-0.2, -0.15) is 27.7 Å². The molecule has 1 saturated heterocycles. The van der Waals surface area contributed by atoms with Crippen LogP contribution in [-0.2, 0) is 21.0 Å². The lowest BCUT2D eigenvalue weighted by molar-refractivity contribution is -0.138. The standard InChI is InChI=1S/C24H21F3N4O5S2/c1-2-38(34,35)31-9-7-30(8-10-31)23-29-22(33)21(37-23)13-15-3-6-20(18(32)12-15)36-19-5-4-16(14-28)11-17(19)24(25,26)27/h3-6,11-13,32H,2,7-10H2,1H3/b21-13-. The van der Waals surface area contributed by atoms with Crippen LogP contribution in [0.4, 0.5) is 13.2 Å². The molecular formula is C24H21F3N4O5S2. The third-order valence-electron chi connectivity index (χ3n) is 5.79. The number of hydrogen-bond acceptors (Lipinski definition) is 8. The van der Waals surface area contributed by atoms with E-state index >= 15 is 0 Å². The van der Waals surface area contributed by atoms with Crippen molar-refractivity contribution in [1.29, 1.82) is 5.26 Å². The lowest BCUT2D eigenvalue weighted by Gasteiger charge is -2.34.